The predicted octanol–water partition coefficient (Wildman–Crippen LogP) is 3.02. The van der Waals surface area contributed by atoms with Gasteiger partial charge >= 0.3 is 0 Å². The summed E-state index contributed by atoms with van der Waals surface area (Å²) < 4.78 is 2.02. The molecule has 1 fully saturated rings. The van der Waals surface area contributed by atoms with Gasteiger partial charge in [0.25, 0.3) is 0 Å². The normalized spacial score (nSPS) is 27.4. The number of benzene rings is 1. The molecular weight excluding hydrogens is 326 g/mol. The van der Waals surface area contributed by atoms with Gasteiger partial charge in [-0.2, -0.15) is 0 Å². The third-order valence-electron chi connectivity index (χ3n) is 7.02. The number of amides is 1. The van der Waals surface area contributed by atoms with Crippen molar-refractivity contribution in [2.75, 3.05) is 13.1 Å². The molecule has 5 nitrogen and oxygen atoms in total. The smallest absolute Gasteiger partial charge is 0.232 e. The van der Waals surface area contributed by atoms with Gasteiger partial charge in [0.05, 0.1) is 11.6 Å². The van der Waals surface area contributed by atoms with E-state index in [-0.39, 0.29) is 11.3 Å². The Bertz CT molecular complexity index is 916. The van der Waals surface area contributed by atoms with Gasteiger partial charge in [0.15, 0.2) is 0 Å². The first kappa shape index (κ1) is 16.1. The Hall–Kier alpha value is -2.14. The van der Waals surface area contributed by atoms with Gasteiger partial charge in [-0.3, -0.25) is 19.1 Å². The summed E-state index contributed by atoms with van der Waals surface area (Å²) >= 11 is 0. The molecule has 0 spiro atoms. The summed E-state index contributed by atoms with van der Waals surface area (Å²) in [6.45, 7) is 4.94. The Morgan fingerprint density at radius 2 is 2.23 bits per heavy atom. The summed E-state index contributed by atoms with van der Waals surface area (Å²) in [5.74, 6) is 0.233. The number of nitrogens with zero attached hydrogens (tertiary/aromatic N) is 2. The fraction of sp³-hybridized carbons (Fsp3) is 0.524. The van der Waals surface area contributed by atoms with Crippen LogP contribution in [0.4, 0.5) is 0 Å². The molecule has 3 aliphatic rings. The monoisotopic (exact) mass is 351 g/mol. The van der Waals surface area contributed by atoms with Gasteiger partial charge < -0.3 is 5.32 Å². The van der Waals surface area contributed by atoms with Crippen molar-refractivity contribution >= 4 is 23.2 Å². The summed E-state index contributed by atoms with van der Waals surface area (Å²) in [6.07, 6.45) is 5.77. The maximum atomic E-state index is 13.3. The lowest BCUT2D eigenvalue weighted by molar-refractivity contribution is -0.109. The van der Waals surface area contributed by atoms with Crippen LogP contribution in [-0.2, 0) is 17.8 Å². The zero-order chi connectivity index (χ0) is 17.9. The first-order valence-electron chi connectivity index (χ1n) is 9.79. The Morgan fingerprint density at radius 1 is 1.35 bits per heavy atom. The third-order valence-corrected chi connectivity index (χ3v) is 7.02. The van der Waals surface area contributed by atoms with Gasteiger partial charge in [0.1, 0.15) is 0 Å². The minimum absolute atomic E-state index is 0.0933. The summed E-state index contributed by atoms with van der Waals surface area (Å²) in [4.78, 5) is 26.8. The molecule has 2 aromatic rings. The number of para-hydroxylation sites is 1. The number of fused-ring (bicyclic) bond motifs is 3. The molecule has 1 saturated heterocycles. The number of nitrogens with one attached hydrogen (secondary N) is 1. The average molecular weight is 351 g/mol. The second-order valence-electron chi connectivity index (χ2n) is 8.09. The lowest BCUT2D eigenvalue weighted by atomic mass is 9.64. The topological polar surface area (TPSA) is 54.3 Å². The molecule has 26 heavy (non-hydrogen) atoms. The van der Waals surface area contributed by atoms with Crippen LogP contribution in [0.25, 0.3) is 10.9 Å². The molecule has 5 rings (SSSR count). The molecule has 4 heterocycles. The summed E-state index contributed by atoms with van der Waals surface area (Å²) in [7, 11) is 0. The van der Waals surface area contributed by atoms with Crippen LogP contribution in [0.2, 0.25) is 0 Å². The van der Waals surface area contributed by atoms with Crippen LogP contribution < -0.4 is 5.32 Å². The Morgan fingerprint density at radius 3 is 3.04 bits per heavy atom. The van der Waals surface area contributed by atoms with Gasteiger partial charge in [-0.25, -0.2) is 0 Å². The number of piperidine rings is 1. The SMILES string of the molecule is CC[C@]12CCCN3CCc4c(n(c5c(CNC=O)cccc45)C(=O)C1)[C@@H]32. The third kappa shape index (κ3) is 1.95. The molecule has 1 aromatic heterocycles. The molecule has 0 unspecified atom stereocenters. The van der Waals surface area contributed by atoms with Crippen LogP contribution in [0.5, 0.6) is 0 Å². The molecule has 0 radical (unpaired) electrons. The van der Waals surface area contributed by atoms with E-state index in [0.29, 0.717) is 19.0 Å². The maximum absolute atomic E-state index is 13.3. The van der Waals surface area contributed by atoms with Crippen LogP contribution >= 0.6 is 0 Å². The Labute approximate surface area is 153 Å². The van der Waals surface area contributed by atoms with Crippen LogP contribution in [0.3, 0.4) is 0 Å². The van der Waals surface area contributed by atoms with E-state index in [4.69, 9.17) is 0 Å². The Balaban J connectivity index is 1.81. The van der Waals surface area contributed by atoms with Crippen molar-refractivity contribution in [1.29, 1.82) is 0 Å². The highest BCUT2D eigenvalue weighted by Gasteiger charge is 2.53. The van der Waals surface area contributed by atoms with E-state index in [1.54, 1.807) is 0 Å². The van der Waals surface area contributed by atoms with Gasteiger partial charge in [-0.1, -0.05) is 25.1 Å². The molecule has 3 aliphatic heterocycles. The van der Waals surface area contributed by atoms with Crippen molar-refractivity contribution in [1.82, 2.24) is 14.8 Å². The first-order valence-corrected chi connectivity index (χ1v) is 9.79. The zero-order valence-electron chi connectivity index (χ0n) is 15.3. The van der Waals surface area contributed by atoms with Crippen molar-refractivity contribution in [2.24, 2.45) is 5.41 Å². The van der Waals surface area contributed by atoms with E-state index < -0.39 is 0 Å². The second-order valence-corrected chi connectivity index (χ2v) is 8.09. The van der Waals surface area contributed by atoms with Crippen LogP contribution in [-0.4, -0.2) is 34.9 Å². The minimum Gasteiger partial charge on any atom is -0.355 e. The second kappa shape index (κ2) is 5.68. The molecule has 1 aromatic carbocycles. The lowest BCUT2D eigenvalue weighted by Gasteiger charge is -2.54. The number of rotatable bonds is 4. The van der Waals surface area contributed by atoms with E-state index in [9.17, 15) is 9.59 Å². The van der Waals surface area contributed by atoms with Crippen molar-refractivity contribution in [3.8, 4) is 0 Å². The van der Waals surface area contributed by atoms with Crippen molar-refractivity contribution in [3.63, 3.8) is 0 Å². The summed E-state index contributed by atoms with van der Waals surface area (Å²) in [5, 5.41) is 3.98. The standard InChI is InChI=1S/C21H25N3O2/c1-2-21-8-4-9-23-10-7-16-15-6-3-5-14(12-22-13-25)18(15)24(17(26)11-21)19(16)20(21)23/h3,5-6,13,20H,2,4,7-12H2,1H3,(H,22,25)/t20-,21+/m1/s1. The molecule has 136 valence electrons. The highest BCUT2D eigenvalue weighted by atomic mass is 16.2. The van der Waals surface area contributed by atoms with Crippen LogP contribution in [0.15, 0.2) is 18.2 Å². The van der Waals surface area contributed by atoms with Crippen LogP contribution in [0, 0.1) is 5.41 Å². The predicted molar refractivity (Wildman–Crippen MR) is 100 cm³/mol. The molecule has 1 amide bonds. The zero-order valence-corrected chi connectivity index (χ0v) is 15.3. The number of carbonyl (C=O) groups is 2. The van der Waals surface area contributed by atoms with E-state index in [1.807, 2.05) is 10.6 Å². The largest absolute Gasteiger partial charge is 0.355 e. The quantitative estimate of drug-likeness (QED) is 0.862. The van der Waals surface area contributed by atoms with Crippen molar-refractivity contribution in [2.45, 2.75) is 51.6 Å². The number of hydrogen-bond donors (Lipinski definition) is 1. The minimum atomic E-state index is 0.0933. The maximum Gasteiger partial charge on any atom is 0.232 e. The molecule has 0 bridgehead atoms. The first-order chi connectivity index (χ1) is 12.7. The fourth-order valence-electron chi connectivity index (χ4n) is 5.90. The highest BCUT2D eigenvalue weighted by Crippen LogP contribution is 2.57. The van der Waals surface area contributed by atoms with Gasteiger partial charge in [-0.05, 0) is 43.4 Å². The number of carbonyl (C=O) groups excluding carboxylic acids is 2. The summed E-state index contributed by atoms with van der Waals surface area (Å²) in [5.41, 5.74) is 4.76. The van der Waals surface area contributed by atoms with E-state index in [2.05, 4.69) is 29.3 Å². The molecule has 2 atom stereocenters. The Kier molecular flexibility index (Phi) is 3.51. The molecule has 1 N–H and O–H groups in total. The number of hydrogen-bond acceptors (Lipinski definition) is 3. The van der Waals surface area contributed by atoms with Crippen molar-refractivity contribution in [3.05, 3.63) is 35.0 Å². The highest BCUT2D eigenvalue weighted by molar-refractivity contribution is 5.99. The van der Waals surface area contributed by atoms with E-state index >= 15 is 0 Å². The molecule has 0 aliphatic carbocycles. The number of aromatic nitrogens is 1. The fourth-order valence-corrected chi connectivity index (χ4v) is 5.90. The van der Waals surface area contributed by atoms with Gasteiger partial charge in [0.2, 0.25) is 12.3 Å². The summed E-state index contributed by atoms with van der Waals surface area (Å²) in [6, 6.07) is 6.60. The molecular formula is C21H25N3O2. The molecule has 0 saturated carbocycles. The van der Waals surface area contributed by atoms with Gasteiger partial charge in [-0.15, -0.1) is 0 Å². The van der Waals surface area contributed by atoms with E-state index in [1.165, 1.54) is 23.1 Å². The van der Waals surface area contributed by atoms with Crippen molar-refractivity contribution < 1.29 is 9.59 Å². The van der Waals surface area contributed by atoms with E-state index in [0.717, 1.165) is 49.8 Å². The average Bonchev–Trinajstić information content (AvgIpc) is 3.01. The van der Waals surface area contributed by atoms with Crippen LogP contribution in [0.1, 0.15) is 60.3 Å². The van der Waals surface area contributed by atoms with Gasteiger partial charge in [0, 0.05) is 36.0 Å². The lowest BCUT2D eigenvalue weighted by Crippen LogP contribution is -2.53. The molecule has 5 heteroatoms.